The highest BCUT2D eigenvalue weighted by Crippen LogP contribution is 2.27. The van der Waals surface area contributed by atoms with E-state index in [9.17, 15) is 0 Å². The van der Waals surface area contributed by atoms with E-state index in [2.05, 4.69) is 34.9 Å². The van der Waals surface area contributed by atoms with E-state index in [0.717, 1.165) is 15.0 Å². The van der Waals surface area contributed by atoms with Crippen molar-refractivity contribution in [2.45, 2.75) is 32.9 Å². The van der Waals surface area contributed by atoms with Gasteiger partial charge >= 0.3 is 0 Å². The molecule has 0 aliphatic rings. The number of halogens is 1. The number of nitrogens with zero attached hydrogens (tertiary/aromatic N) is 1. The molecule has 5 heteroatoms. The van der Waals surface area contributed by atoms with Crippen LogP contribution in [0.5, 0.6) is 0 Å². The topological polar surface area (TPSA) is 24.9 Å². The highest BCUT2D eigenvalue weighted by molar-refractivity contribution is 7.14. The zero-order chi connectivity index (χ0) is 12.4. The smallest absolute Gasteiger partial charge is 0.110 e. The third-order valence-electron chi connectivity index (χ3n) is 2.59. The van der Waals surface area contributed by atoms with Crippen LogP contribution in [0.25, 0.3) is 0 Å². The van der Waals surface area contributed by atoms with Crippen molar-refractivity contribution in [1.82, 2.24) is 10.3 Å². The minimum atomic E-state index is 0.266. The fourth-order valence-corrected chi connectivity index (χ4v) is 3.46. The number of nitrogens with one attached hydrogen (secondary N) is 1. The maximum atomic E-state index is 5.94. The van der Waals surface area contributed by atoms with Crippen LogP contribution in [0, 0.1) is 6.92 Å². The second-order valence-corrected chi connectivity index (χ2v) is 6.55. The zero-order valence-corrected chi connectivity index (χ0v) is 12.4. The lowest BCUT2D eigenvalue weighted by molar-refractivity contribution is 0.493. The predicted octanol–water partition coefficient (Wildman–Crippen LogP) is 4.58. The molecule has 0 fully saturated rings. The van der Waals surface area contributed by atoms with Crippen LogP contribution in [0.1, 0.15) is 42.2 Å². The van der Waals surface area contributed by atoms with Crippen LogP contribution < -0.4 is 5.32 Å². The Bertz CT molecular complexity index is 448. The number of rotatable bonds is 4. The maximum absolute atomic E-state index is 5.94. The molecule has 2 heterocycles. The van der Waals surface area contributed by atoms with Gasteiger partial charge in [0, 0.05) is 17.1 Å². The van der Waals surface area contributed by atoms with Gasteiger partial charge in [0.2, 0.25) is 0 Å². The van der Waals surface area contributed by atoms with Gasteiger partial charge in [-0.05, 0) is 37.8 Å². The van der Waals surface area contributed by atoms with Crippen LogP contribution in [0.3, 0.4) is 0 Å². The molecule has 17 heavy (non-hydrogen) atoms. The lowest BCUT2D eigenvalue weighted by Gasteiger charge is -2.17. The van der Waals surface area contributed by atoms with Crippen molar-refractivity contribution < 1.29 is 0 Å². The van der Waals surface area contributed by atoms with Crippen molar-refractivity contribution in [3.63, 3.8) is 0 Å². The average Bonchev–Trinajstić information content (AvgIpc) is 2.87. The Morgan fingerprint density at radius 2 is 2.00 bits per heavy atom. The van der Waals surface area contributed by atoms with Gasteiger partial charge in [0.1, 0.15) is 5.01 Å². The minimum absolute atomic E-state index is 0.266. The van der Waals surface area contributed by atoms with Crippen LogP contribution in [-0.2, 0) is 0 Å². The van der Waals surface area contributed by atoms with E-state index in [0.29, 0.717) is 0 Å². The Morgan fingerprint density at radius 1 is 1.24 bits per heavy atom. The molecule has 2 aromatic heterocycles. The summed E-state index contributed by atoms with van der Waals surface area (Å²) in [6, 6.07) is 2.57. The molecule has 0 spiro atoms. The summed E-state index contributed by atoms with van der Waals surface area (Å²) >= 11 is 9.22. The molecule has 2 nitrogen and oxygen atoms in total. The summed E-state index contributed by atoms with van der Waals surface area (Å²) in [5.74, 6) is 0. The second kappa shape index (κ2) is 5.48. The van der Waals surface area contributed by atoms with Gasteiger partial charge in [-0.25, -0.2) is 4.98 Å². The summed E-state index contributed by atoms with van der Waals surface area (Å²) in [6.07, 6.45) is 0. The number of aryl methyl sites for hydroxylation is 1. The van der Waals surface area contributed by atoms with E-state index >= 15 is 0 Å². The van der Waals surface area contributed by atoms with Crippen LogP contribution in [-0.4, -0.2) is 4.98 Å². The fourth-order valence-electron chi connectivity index (χ4n) is 1.66. The van der Waals surface area contributed by atoms with Crippen molar-refractivity contribution in [3.8, 4) is 0 Å². The van der Waals surface area contributed by atoms with E-state index in [1.54, 1.807) is 22.7 Å². The summed E-state index contributed by atoms with van der Waals surface area (Å²) in [5, 5.41) is 8.85. The lowest BCUT2D eigenvalue weighted by atomic mass is 10.1. The molecule has 2 atom stereocenters. The van der Waals surface area contributed by atoms with E-state index < -0.39 is 0 Å². The molecule has 92 valence electrons. The number of hydrogen-bond acceptors (Lipinski definition) is 4. The maximum Gasteiger partial charge on any atom is 0.110 e. The first-order valence-electron chi connectivity index (χ1n) is 5.48. The van der Waals surface area contributed by atoms with Gasteiger partial charge in [0.15, 0.2) is 0 Å². The van der Waals surface area contributed by atoms with Gasteiger partial charge in [-0.2, -0.15) is 0 Å². The zero-order valence-electron chi connectivity index (χ0n) is 10.0. The van der Waals surface area contributed by atoms with E-state index in [1.165, 1.54) is 5.56 Å². The largest absolute Gasteiger partial charge is 0.301 e. The molecule has 2 aromatic rings. The van der Waals surface area contributed by atoms with E-state index in [4.69, 9.17) is 11.6 Å². The Hall–Kier alpha value is -0.420. The van der Waals surface area contributed by atoms with Gasteiger partial charge in [0.05, 0.1) is 10.4 Å². The summed E-state index contributed by atoms with van der Waals surface area (Å²) in [4.78, 5) is 4.50. The summed E-state index contributed by atoms with van der Waals surface area (Å²) in [6.45, 7) is 6.31. The van der Waals surface area contributed by atoms with Crippen molar-refractivity contribution in [2.75, 3.05) is 0 Å². The normalized spacial score (nSPS) is 14.8. The van der Waals surface area contributed by atoms with Crippen molar-refractivity contribution in [3.05, 3.63) is 37.4 Å². The van der Waals surface area contributed by atoms with Crippen LogP contribution in [0.15, 0.2) is 16.8 Å². The van der Waals surface area contributed by atoms with Crippen LogP contribution in [0.2, 0.25) is 4.34 Å². The van der Waals surface area contributed by atoms with Gasteiger partial charge in [-0.15, -0.1) is 22.7 Å². The van der Waals surface area contributed by atoms with E-state index in [-0.39, 0.29) is 12.1 Å². The first-order valence-corrected chi connectivity index (χ1v) is 7.62. The summed E-state index contributed by atoms with van der Waals surface area (Å²) < 4.78 is 0.839. The number of thiazole rings is 1. The Balaban J connectivity index is 2.01. The molecule has 0 bridgehead atoms. The molecule has 0 aliphatic heterocycles. The van der Waals surface area contributed by atoms with Crippen molar-refractivity contribution in [2.24, 2.45) is 0 Å². The van der Waals surface area contributed by atoms with E-state index in [1.807, 2.05) is 13.0 Å². The lowest BCUT2D eigenvalue weighted by Crippen LogP contribution is -2.22. The molecule has 0 saturated carbocycles. The van der Waals surface area contributed by atoms with Crippen molar-refractivity contribution in [1.29, 1.82) is 0 Å². The Kier molecular flexibility index (Phi) is 4.20. The Morgan fingerprint density at radius 3 is 2.53 bits per heavy atom. The molecule has 1 N–H and O–H groups in total. The quantitative estimate of drug-likeness (QED) is 0.890. The third-order valence-corrected chi connectivity index (χ3v) is 4.85. The predicted molar refractivity (Wildman–Crippen MR) is 76.1 cm³/mol. The SMILES string of the molecule is Cc1csc(C(C)NC(C)c2csc(Cl)c2)n1. The standard InChI is InChI=1S/C12H15ClN2S2/c1-7-5-17-12(14-7)9(3)15-8(2)10-4-11(13)16-6-10/h4-6,8-9,15H,1-3H3. The number of thiophene rings is 1. The molecular weight excluding hydrogens is 272 g/mol. The first-order chi connectivity index (χ1) is 8.06. The van der Waals surface area contributed by atoms with Gasteiger partial charge in [-0.3, -0.25) is 0 Å². The molecular formula is C12H15ClN2S2. The Labute approximate surface area is 115 Å². The molecule has 0 saturated heterocycles. The number of hydrogen-bond donors (Lipinski definition) is 1. The highest BCUT2D eigenvalue weighted by Gasteiger charge is 2.14. The first kappa shape index (κ1) is 13.0. The highest BCUT2D eigenvalue weighted by atomic mass is 35.5. The summed E-state index contributed by atoms with van der Waals surface area (Å²) in [5.41, 5.74) is 2.32. The van der Waals surface area contributed by atoms with Gasteiger partial charge in [-0.1, -0.05) is 11.6 Å². The van der Waals surface area contributed by atoms with Crippen LogP contribution >= 0.6 is 34.3 Å². The van der Waals surface area contributed by atoms with Crippen LogP contribution in [0.4, 0.5) is 0 Å². The van der Waals surface area contributed by atoms with Crippen molar-refractivity contribution >= 4 is 34.3 Å². The van der Waals surface area contributed by atoms with Gasteiger partial charge < -0.3 is 5.32 Å². The minimum Gasteiger partial charge on any atom is -0.301 e. The summed E-state index contributed by atoms with van der Waals surface area (Å²) in [7, 11) is 0. The fraction of sp³-hybridized carbons (Fsp3) is 0.417. The average molecular weight is 287 g/mol. The molecule has 0 radical (unpaired) electrons. The molecule has 0 aliphatic carbocycles. The third kappa shape index (κ3) is 3.28. The second-order valence-electron chi connectivity index (χ2n) is 4.12. The monoisotopic (exact) mass is 286 g/mol. The van der Waals surface area contributed by atoms with Gasteiger partial charge in [0.25, 0.3) is 0 Å². The number of aromatic nitrogens is 1. The molecule has 2 rings (SSSR count). The molecule has 2 unspecified atom stereocenters. The molecule has 0 aromatic carbocycles. The molecule has 0 amide bonds.